The van der Waals surface area contributed by atoms with Gasteiger partial charge in [0.15, 0.2) is 0 Å². The fraction of sp³-hybridized carbons (Fsp3) is 0.0952. The van der Waals surface area contributed by atoms with E-state index >= 15 is 0 Å². The average molecular weight is 313 g/mol. The van der Waals surface area contributed by atoms with Crippen LogP contribution in [-0.2, 0) is 6.54 Å². The molecule has 2 N–H and O–H groups in total. The van der Waals surface area contributed by atoms with Crippen molar-refractivity contribution in [3.63, 3.8) is 0 Å². The highest BCUT2D eigenvalue weighted by molar-refractivity contribution is 5.91. The van der Waals surface area contributed by atoms with Crippen LogP contribution in [0.2, 0.25) is 0 Å². The van der Waals surface area contributed by atoms with E-state index in [1.165, 1.54) is 27.7 Å². The van der Waals surface area contributed by atoms with E-state index < -0.39 is 0 Å². The summed E-state index contributed by atoms with van der Waals surface area (Å²) in [5.74, 6) is 0. The number of pyridine rings is 1. The van der Waals surface area contributed by atoms with E-state index in [1.807, 2.05) is 30.6 Å². The summed E-state index contributed by atoms with van der Waals surface area (Å²) in [7, 11) is 0. The van der Waals surface area contributed by atoms with Gasteiger partial charge < -0.3 is 10.3 Å². The molecule has 118 valence electrons. The summed E-state index contributed by atoms with van der Waals surface area (Å²) in [5, 5.41) is 1.28. The Kier molecular flexibility index (Phi) is 3.54. The molecule has 0 saturated heterocycles. The number of nitrogen functional groups attached to an aromatic ring is 1. The summed E-state index contributed by atoms with van der Waals surface area (Å²) in [6, 6.07) is 20.7. The second kappa shape index (κ2) is 5.85. The first-order chi connectivity index (χ1) is 11.7. The maximum Gasteiger partial charge on any atom is 0.0539 e. The van der Waals surface area contributed by atoms with Crippen LogP contribution in [0, 0.1) is 6.92 Å². The minimum absolute atomic E-state index is 0.791. The van der Waals surface area contributed by atoms with Gasteiger partial charge in [0.05, 0.1) is 5.69 Å². The van der Waals surface area contributed by atoms with Crippen molar-refractivity contribution in [3.8, 4) is 11.3 Å². The lowest BCUT2D eigenvalue weighted by Gasteiger charge is -2.12. The molecular formula is C21H19N3. The molecule has 0 saturated carbocycles. The van der Waals surface area contributed by atoms with Gasteiger partial charge in [-0.05, 0) is 48.4 Å². The first-order valence-corrected chi connectivity index (χ1v) is 8.06. The number of para-hydroxylation sites is 1. The molecule has 4 rings (SSSR count). The van der Waals surface area contributed by atoms with Gasteiger partial charge >= 0.3 is 0 Å². The van der Waals surface area contributed by atoms with E-state index in [1.54, 1.807) is 0 Å². The molecule has 0 bridgehead atoms. The van der Waals surface area contributed by atoms with Crippen LogP contribution in [0.25, 0.3) is 22.2 Å². The van der Waals surface area contributed by atoms with Gasteiger partial charge in [0.1, 0.15) is 0 Å². The zero-order valence-electron chi connectivity index (χ0n) is 13.6. The van der Waals surface area contributed by atoms with E-state index in [0.29, 0.717) is 0 Å². The molecule has 24 heavy (non-hydrogen) atoms. The van der Waals surface area contributed by atoms with Crippen molar-refractivity contribution >= 4 is 16.6 Å². The van der Waals surface area contributed by atoms with Crippen molar-refractivity contribution < 1.29 is 0 Å². The SMILES string of the molecule is Cc1c(-c2cccnc2)n(Cc2ccc(N)cc2)c2ccccc12. The Morgan fingerprint density at radius 2 is 1.75 bits per heavy atom. The van der Waals surface area contributed by atoms with Gasteiger partial charge in [-0.15, -0.1) is 0 Å². The highest BCUT2D eigenvalue weighted by atomic mass is 15.0. The number of fused-ring (bicyclic) bond motifs is 1. The molecule has 4 aromatic rings. The van der Waals surface area contributed by atoms with Crippen molar-refractivity contribution in [3.05, 3.63) is 84.2 Å². The molecule has 2 heterocycles. The lowest BCUT2D eigenvalue weighted by molar-refractivity contribution is 0.842. The highest BCUT2D eigenvalue weighted by Gasteiger charge is 2.15. The van der Waals surface area contributed by atoms with Crippen molar-refractivity contribution in [1.29, 1.82) is 0 Å². The first kappa shape index (κ1) is 14.5. The second-order valence-electron chi connectivity index (χ2n) is 6.06. The number of hydrogen-bond donors (Lipinski definition) is 1. The van der Waals surface area contributed by atoms with Crippen molar-refractivity contribution in [2.75, 3.05) is 5.73 Å². The zero-order chi connectivity index (χ0) is 16.5. The quantitative estimate of drug-likeness (QED) is 0.560. The number of nitrogens with two attached hydrogens (primary N) is 1. The monoisotopic (exact) mass is 313 g/mol. The molecule has 0 aliphatic carbocycles. The Hall–Kier alpha value is -3.07. The van der Waals surface area contributed by atoms with Crippen LogP contribution in [0.3, 0.4) is 0 Å². The Morgan fingerprint density at radius 3 is 2.50 bits per heavy atom. The predicted octanol–water partition coefficient (Wildman–Crippen LogP) is 4.64. The number of aromatic nitrogens is 2. The van der Waals surface area contributed by atoms with Crippen LogP contribution in [0.1, 0.15) is 11.1 Å². The van der Waals surface area contributed by atoms with E-state index in [4.69, 9.17) is 5.73 Å². The van der Waals surface area contributed by atoms with Crippen molar-refractivity contribution in [2.24, 2.45) is 0 Å². The average Bonchev–Trinajstić information content (AvgIpc) is 2.90. The number of hydrogen-bond acceptors (Lipinski definition) is 2. The first-order valence-electron chi connectivity index (χ1n) is 8.06. The van der Waals surface area contributed by atoms with Crippen LogP contribution in [-0.4, -0.2) is 9.55 Å². The molecule has 2 aromatic heterocycles. The lowest BCUT2D eigenvalue weighted by Crippen LogP contribution is -2.02. The largest absolute Gasteiger partial charge is 0.399 e. The molecule has 2 aromatic carbocycles. The smallest absolute Gasteiger partial charge is 0.0539 e. The normalized spacial score (nSPS) is 11.0. The van der Waals surface area contributed by atoms with Gasteiger partial charge in [0, 0.05) is 41.1 Å². The van der Waals surface area contributed by atoms with Crippen LogP contribution >= 0.6 is 0 Å². The maximum absolute atomic E-state index is 5.82. The lowest BCUT2D eigenvalue weighted by atomic mass is 10.1. The summed E-state index contributed by atoms with van der Waals surface area (Å²) in [6.07, 6.45) is 3.74. The minimum Gasteiger partial charge on any atom is -0.399 e. The van der Waals surface area contributed by atoms with Crippen LogP contribution in [0.15, 0.2) is 73.1 Å². The van der Waals surface area contributed by atoms with Gasteiger partial charge in [-0.25, -0.2) is 0 Å². The molecule has 3 nitrogen and oxygen atoms in total. The molecule has 3 heteroatoms. The Labute approximate surface area is 141 Å². The molecule has 0 atom stereocenters. The van der Waals surface area contributed by atoms with Crippen molar-refractivity contribution in [2.45, 2.75) is 13.5 Å². The van der Waals surface area contributed by atoms with E-state index in [-0.39, 0.29) is 0 Å². The summed E-state index contributed by atoms with van der Waals surface area (Å²) >= 11 is 0. The van der Waals surface area contributed by atoms with Gasteiger partial charge in [-0.2, -0.15) is 0 Å². The summed E-state index contributed by atoms with van der Waals surface area (Å²) in [6.45, 7) is 2.99. The fourth-order valence-corrected chi connectivity index (χ4v) is 3.32. The molecule has 0 radical (unpaired) electrons. The number of anilines is 1. The summed E-state index contributed by atoms with van der Waals surface area (Å²) < 4.78 is 2.37. The zero-order valence-corrected chi connectivity index (χ0v) is 13.6. The topological polar surface area (TPSA) is 43.8 Å². The predicted molar refractivity (Wildman–Crippen MR) is 99.9 cm³/mol. The van der Waals surface area contributed by atoms with Crippen LogP contribution in [0.5, 0.6) is 0 Å². The van der Waals surface area contributed by atoms with Gasteiger partial charge in [-0.3, -0.25) is 4.98 Å². The number of benzene rings is 2. The van der Waals surface area contributed by atoms with E-state index in [0.717, 1.165) is 17.8 Å². The van der Waals surface area contributed by atoms with Crippen LogP contribution in [0.4, 0.5) is 5.69 Å². The second-order valence-corrected chi connectivity index (χ2v) is 6.06. The van der Waals surface area contributed by atoms with Gasteiger partial charge in [0.25, 0.3) is 0 Å². The Morgan fingerprint density at radius 1 is 0.958 bits per heavy atom. The molecule has 0 unspecified atom stereocenters. The van der Waals surface area contributed by atoms with E-state index in [9.17, 15) is 0 Å². The Balaban J connectivity index is 1.93. The highest BCUT2D eigenvalue weighted by Crippen LogP contribution is 2.33. The third kappa shape index (κ3) is 2.44. The maximum atomic E-state index is 5.82. The standard InChI is InChI=1S/C21H19N3/c1-15-19-6-2-3-7-20(19)24(14-16-8-10-18(22)11-9-16)21(15)17-5-4-12-23-13-17/h2-13H,14,22H2,1H3. The molecule has 0 fully saturated rings. The molecule has 0 spiro atoms. The number of aryl methyl sites for hydroxylation is 1. The third-order valence-corrected chi connectivity index (χ3v) is 4.48. The van der Waals surface area contributed by atoms with Crippen molar-refractivity contribution in [1.82, 2.24) is 9.55 Å². The third-order valence-electron chi connectivity index (χ3n) is 4.48. The fourth-order valence-electron chi connectivity index (χ4n) is 3.32. The summed E-state index contributed by atoms with van der Waals surface area (Å²) in [5.41, 5.74) is 12.7. The Bertz CT molecular complexity index is 983. The van der Waals surface area contributed by atoms with Gasteiger partial charge in [0.2, 0.25) is 0 Å². The van der Waals surface area contributed by atoms with E-state index in [2.05, 4.69) is 58.9 Å². The molecule has 0 aliphatic rings. The molecular weight excluding hydrogens is 294 g/mol. The van der Waals surface area contributed by atoms with Gasteiger partial charge in [-0.1, -0.05) is 30.3 Å². The molecule has 0 amide bonds. The summed E-state index contributed by atoms with van der Waals surface area (Å²) in [4.78, 5) is 4.30. The molecule has 0 aliphatic heterocycles. The minimum atomic E-state index is 0.791. The number of rotatable bonds is 3. The van der Waals surface area contributed by atoms with Crippen LogP contribution < -0.4 is 5.73 Å². The number of nitrogens with zero attached hydrogens (tertiary/aromatic N) is 2.